The number of para-hydroxylation sites is 2. The van der Waals surface area contributed by atoms with Gasteiger partial charge >= 0.3 is 6.03 Å². The Labute approximate surface area is 102 Å². The number of carbonyl (C=O) groups is 1. The van der Waals surface area contributed by atoms with Crippen molar-refractivity contribution in [3.63, 3.8) is 0 Å². The number of amides is 2. The molecule has 17 heavy (non-hydrogen) atoms. The van der Waals surface area contributed by atoms with Crippen molar-refractivity contribution < 1.29 is 9.53 Å². The van der Waals surface area contributed by atoms with E-state index in [9.17, 15) is 4.79 Å². The molecule has 4 heteroatoms. The Morgan fingerprint density at radius 3 is 2.65 bits per heavy atom. The van der Waals surface area contributed by atoms with Crippen LogP contribution in [0.2, 0.25) is 0 Å². The summed E-state index contributed by atoms with van der Waals surface area (Å²) in [6.45, 7) is 2.75. The topological polar surface area (TPSA) is 55.6 Å². The van der Waals surface area contributed by atoms with E-state index >= 15 is 0 Å². The van der Waals surface area contributed by atoms with Gasteiger partial charge in [-0.2, -0.15) is 0 Å². The smallest absolute Gasteiger partial charge is 0.319 e. The molecule has 0 bridgehead atoms. The van der Waals surface area contributed by atoms with E-state index in [2.05, 4.69) is 6.92 Å². The zero-order chi connectivity index (χ0) is 12.7. The van der Waals surface area contributed by atoms with Crippen molar-refractivity contribution in [1.82, 2.24) is 0 Å². The Morgan fingerprint density at radius 1 is 1.35 bits per heavy atom. The third kappa shape index (κ3) is 3.66. The Morgan fingerprint density at radius 2 is 2.06 bits per heavy atom. The van der Waals surface area contributed by atoms with Gasteiger partial charge in [0.1, 0.15) is 5.75 Å². The fourth-order valence-corrected chi connectivity index (χ4v) is 1.72. The molecule has 0 aliphatic rings. The number of nitrogens with two attached hydrogens (primary N) is 1. The molecule has 0 unspecified atom stereocenters. The van der Waals surface area contributed by atoms with Crippen LogP contribution in [0.4, 0.5) is 10.5 Å². The lowest BCUT2D eigenvalue weighted by atomic mass is 10.2. The second-order valence-electron chi connectivity index (χ2n) is 3.87. The van der Waals surface area contributed by atoms with E-state index in [0.717, 1.165) is 24.9 Å². The van der Waals surface area contributed by atoms with Gasteiger partial charge in [0.05, 0.1) is 12.8 Å². The highest BCUT2D eigenvalue weighted by molar-refractivity contribution is 5.92. The summed E-state index contributed by atoms with van der Waals surface area (Å²) < 4.78 is 5.23. The number of unbranched alkanes of at least 4 members (excludes halogenated alkanes) is 2. The average molecular weight is 236 g/mol. The Balaban J connectivity index is 2.85. The van der Waals surface area contributed by atoms with Crippen molar-refractivity contribution >= 4 is 11.7 Å². The number of methoxy groups -OCH3 is 1. The lowest BCUT2D eigenvalue weighted by Crippen LogP contribution is -2.36. The molecule has 0 heterocycles. The fraction of sp³-hybridized carbons (Fsp3) is 0.462. The van der Waals surface area contributed by atoms with Gasteiger partial charge in [0.25, 0.3) is 0 Å². The highest BCUT2D eigenvalue weighted by Gasteiger charge is 2.15. The van der Waals surface area contributed by atoms with Crippen LogP contribution in [-0.2, 0) is 0 Å². The van der Waals surface area contributed by atoms with E-state index in [4.69, 9.17) is 10.5 Å². The number of carbonyl (C=O) groups excluding carboxylic acids is 1. The average Bonchev–Trinajstić information content (AvgIpc) is 2.34. The molecule has 4 nitrogen and oxygen atoms in total. The summed E-state index contributed by atoms with van der Waals surface area (Å²) in [7, 11) is 1.59. The molecule has 2 N–H and O–H groups in total. The van der Waals surface area contributed by atoms with Crippen LogP contribution in [0.25, 0.3) is 0 Å². The maximum Gasteiger partial charge on any atom is 0.319 e. The predicted octanol–water partition coefficient (Wildman–Crippen LogP) is 2.77. The van der Waals surface area contributed by atoms with Crippen molar-refractivity contribution in [1.29, 1.82) is 0 Å². The third-order valence-electron chi connectivity index (χ3n) is 2.63. The van der Waals surface area contributed by atoms with Gasteiger partial charge in [0, 0.05) is 6.54 Å². The molecule has 0 fully saturated rings. The Bertz CT molecular complexity index is 366. The summed E-state index contributed by atoms with van der Waals surface area (Å²) in [6, 6.07) is 6.97. The van der Waals surface area contributed by atoms with Crippen LogP contribution in [0.3, 0.4) is 0 Å². The minimum absolute atomic E-state index is 0.439. The maximum absolute atomic E-state index is 11.5. The van der Waals surface area contributed by atoms with Crippen LogP contribution >= 0.6 is 0 Å². The van der Waals surface area contributed by atoms with Gasteiger partial charge in [0.2, 0.25) is 0 Å². The van der Waals surface area contributed by atoms with Gasteiger partial charge in [-0.3, -0.25) is 4.90 Å². The van der Waals surface area contributed by atoms with E-state index in [1.165, 1.54) is 0 Å². The van der Waals surface area contributed by atoms with Gasteiger partial charge in [-0.25, -0.2) is 4.79 Å². The first-order valence-electron chi connectivity index (χ1n) is 5.90. The summed E-state index contributed by atoms with van der Waals surface area (Å²) in [5.74, 6) is 0.669. The monoisotopic (exact) mass is 236 g/mol. The summed E-state index contributed by atoms with van der Waals surface area (Å²) in [6.07, 6.45) is 3.13. The normalized spacial score (nSPS) is 10.0. The molecular weight excluding hydrogens is 216 g/mol. The molecule has 2 amide bonds. The zero-order valence-electron chi connectivity index (χ0n) is 10.5. The summed E-state index contributed by atoms with van der Waals surface area (Å²) in [5, 5.41) is 0. The largest absolute Gasteiger partial charge is 0.495 e. The van der Waals surface area contributed by atoms with Crippen molar-refractivity contribution in [2.75, 3.05) is 18.6 Å². The van der Waals surface area contributed by atoms with Gasteiger partial charge < -0.3 is 10.5 Å². The van der Waals surface area contributed by atoms with E-state index in [0.29, 0.717) is 12.3 Å². The highest BCUT2D eigenvalue weighted by Crippen LogP contribution is 2.27. The van der Waals surface area contributed by atoms with Crippen molar-refractivity contribution in [3.05, 3.63) is 24.3 Å². The first-order valence-corrected chi connectivity index (χ1v) is 5.90. The van der Waals surface area contributed by atoms with Crippen LogP contribution in [0, 0.1) is 0 Å². The summed E-state index contributed by atoms with van der Waals surface area (Å²) in [5.41, 5.74) is 6.14. The Hall–Kier alpha value is -1.71. The van der Waals surface area contributed by atoms with Crippen molar-refractivity contribution in [2.24, 2.45) is 5.73 Å². The van der Waals surface area contributed by atoms with E-state index < -0.39 is 6.03 Å². The standard InChI is InChI=1S/C13H20N2O2/c1-3-4-7-10-15(13(14)16)11-8-5-6-9-12(11)17-2/h5-6,8-9H,3-4,7,10H2,1-2H3,(H2,14,16). The number of ether oxygens (including phenoxy) is 1. The predicted molar refractivity (Wildman–Crippen MR) is 69.4 cm³/mol. The molecule has 1 rings (SSSR count). The maximum atomic E-state index is 11.5. The molecule has 1 aromatic carbocycles. The molecule has 0 radical (unpaired) electrons. The first-order chi connectivity index (χ1) is 8.20. The van der Waals surface area contributed by atoms with Gasteiger partial charge in [-0.1, -0.05) is 31.9 Å². The molecule has 0 saturated carbocycles. The number of urea groups is 1. The molecule has 0 aliphatic heterocycles. The number of rotatable bonds is 6. The summed E-state index contributed by atoms with van der Waals surface area (Å²) >= 11 is 0. The summed E-state index contributed by atoms with van der Waals surface area (Å²) in [4.78, 5) is 13.0. The zero-order valence-corrected chi connectivity index (χ0v) is 10.5. The first kappa shape index (κ1) is 13.4. The third-order valence-corrected chi connectivity index (χ3v) is 2.63. The quantitative estimate of drug-likeness (QED) is 0.772. The SMILES string of the molecule is CCCCCN(C(N)=O)c1ccccc1OC. The van der Waals surface area contributed by atoms with Gasteiger partial charge in [0.15, 0.2) is 0 Å². The van der Waals surface area contributed by atoms with Crippen molar-refractivity contribution in [2.45, 2.75) is 26.2 Å². The number of nitrogens with zero attached hydrogens (tertiary/aromatic N) is 1. The van der Waals surface area contributed by atoms with E-state index in [1.54, 1.807) is 12.0 Å². The lowest BCUT2D eigenvalue weighted by molar-refractivity contribution is 0.253. The highest BCUT2D eigenvalue weighted by atomic mass is 16.5. The number of anilines is 1. The van der Waals surface area contributed by atoms with E-state index in [-0.39, 0.29) is 0 Å². The number of hydrogen-bond donors (Lipinski definition) is 1. The molecule has 94 valence electrons. The van der Waals surface area contributed by atoms with Crippen LogP contribution < -0.4 is 15.4 Å². The lowest BCUT2D eigenvalue weighted by Gasteiger charge is -2.22. The number of primary amides is 1. The minimum Gasteiger partial charge on any atom is -0.495 e. The van der Waals surface area contributed by atoms with Gasteiger partial charge in [-0.15, -0.1) is 0 Å². The van der Waals surface area contributed by atoms with Crippen LogP contribution in [0.5, 0.6) is 5.75 Å². The molecular formula is C13H20N2O2. The minimum atomic E-state index is -0.439. The molecule has 0 aromatic heterocycles. The Kier molecular flexibility index (Phi) is 5.33. The van der Waals surface area contributed by atoms with Crippen molar-refractivity contribution in [3.8, 4) is 5.75 Å². The number of hydrogen-bond acceptors (Lipinski definition) is 2. The van der Waals surface area contributed by atoms with Crippen LogP contribution in [0.1, 0.15) is 26.2 Å². The van der Waals surface area contributed by atoms with E-state index in [1.807, 2.05) is 24.3 Å². The van der Waals surface area contributed by atoms with Crippen LogP contribution in [0.15, 0.2) is 24.3 Å². The second kappa shape index (κ2) is 6.78. The van der Waals surface area contributed by atoms with Gasteiger partial charge in [-0.05, 0) is 18.6 Å². The molecule has 0 atom stereocenters. The van der Waals surface area contributed by atoms with Crippen LogP contribution in [-0.4, -0.2) is 19.7 Å². The molecule has 0 saturated heterocycles. The fourth-order valence-electron chi connectivity index (χ4n) is 1.72. The molecule has 1 aromatic rings. The second-order valence-corrected chi connectivity index (χ2v) is 3.87. The molecule has 0 aliphatic carbocycles. The number of benzene rings is 1. The molecule has 0 spiro atoms.